The summed E-state index contributed by atoms with van der Waals surface area (Å²) in [5.74, 6) is 1.07. The molecule has 0 aliphatic heterocycles. The highest BCUT2D eigenvalue weighted by atomic mass is 16.1. The molecule has 0 heterocycles. The third-order valence-corrected chi connectivity index (χ3v) is 4.39. The van der Waals surface area contributed by atoms with Gasteiger partial charge in [-0.05, 0) is 36.8 Å². The summed E-state index contributed by atoms with van der Waals surface area (Å²) < 4.78 is 0. The molecule has 2 atom stereocenters. The highest BCUT2D eigenvalue weighted by Crippen LogP contribution is 2.44. The molecule has 0 spiro atoms. The van der Waals surface area contributed by atoms with Crippen LogP contribution in [0.5, 0.6) is 0 Å². The molecule has 1 nitrogen and oxygen atoms in total. The van der Waals surface area contributed by atoms with Crippen LogP contribution >= 0.6 is 0 Å². The van der Waals surface area contributed by atoms with Crippen LogP contribution in [0, 0.1) is 13.8 Å². The quantitative estimate of drug-likeness (QED) is 0.778. The van der Waals surface area contributed by atoms with Crippen molar-refractivity contribution in [3.63, 3.8) is 0 Å². The zero-order valence-electron chi connectivity index (χ0n) is 12.1. The standard InChI is InChI=1S/C19H20O/c1-13-3-7-15(8-4-13)18-11-17(20)12-19(18)16-9-5-14(2)6-10-16/h3-10,18-19H,11-12H2,1-2H3/t18-,19+. The Labute approximate surface area is 120 Å². The molecule has 1 aliphatic carbocycles. The zero-order chi connectivity index (χ0) is 14.1. The topological polar surface area (TPSA) is 17.1 Å². The number of rotatable bonds is 2. The van der Waals surface area contributed by atoms with Crippen molar-refractivity contribution in [1.82, 2.24) is 0 Å². The normalized spacial score (nSPS) is 22.2. The van der Waals surface area contributed by atoms with Crippen LogP contribution in [0.3, 0.4) is 0 Å². The van der Waals surface area contributed by atoms with Crippen molar-refractivity contribution in [3.8, 4) is 0 Å². The molecule has 0 saturated heterocycles. The first-order valence-corrected chi connectivity index (χ1v) is 7.28. The van der Waals surface area contributed by atoms with E-state index in [9.17, 15) is 4.79 Å². The molecule has 102 valence electrons. The smallest absolute Gasteiger partial charge is 0.134 e. The molecule has 1 fully saturated rings. The lowest BCUT2D eigenvalue weighted by molar-refractivity contribution is -0.117. The van der Waals surface area contributed by atoms with Gasteiger partial charge in [0.2, 0.25) is 0 Å². The SMILES string of the molecule is Cc1ccc([C@H]2CC(=O)C[C@H]2c2ccc(C)cc2)cc1. The average molecular weight is 264 g/mol. The number of carbonyl (C=O) groups is 1. The van der Waals surface area contributed by atoms with Crippen LogP contribution in [0.1, 0.15) is 46.9 Å². The summed E-state index contributed by atoms with van der Waals surface area (Å²) in [6, 6.07) is 17.3. The average Bonchev–Trinajstić information content (AvgIpc) is 2.82. The molecule has 2 aromatic rings. The Morgan fingerprint density at radius 2 is 1.05 bits per heavy atom. The molecule has 1 saturated carbocycles. The Kier molecular flexibility index (Phi) is 3.43. The van der Waals surface area contributed by atoms with E-state index in [-0.39, 0.29) is 0 Å². The van der Waals surface area contributed by atoms with Gasteiger partial charge in [-0.1, -0.05) is 59.7 Å². The minimum Gasteiger partial charge on any atom is -0.300 e. The second-order valence-corrected chi connectivity index (χ2v) is 5.98. The highest BCUT2D eigenvalue weighted by molar-refractivity contribution is 5.83. The van der Waals surface area contributed by atoms with Crippen LogP contribution < -0.4 is 0 Å². The molecule has 0 N–H and O–H groups in total. The van der Waals surface area contributed by atoms with Gasteiger partial charge in [0, 0.05) is 12.8 Å². The second-order valence-electron chi connectivity index (χ2n) is 5.98. The van der Waals surface area contributed by atoms with Crippen molar-refractivity contribution in [2.75, 3.05) is 0 Å². The van der Waals surface area contributed by atoms with Gasteiger partial charge in [0.25, 0.3) is 0 Å². The van der Waals surface area contributed by atoms with Crippen molar-refractivity contribution >= 4 is 5.78 Å². The Morgan fingerprint density at radius 1 is 0.700 bits per heavy atom. The minimum atomic E-state index is 0.339. The maximum Gasteiger partial charge on any atom is 0.134 e. The number of benzene rings is 2. The van der Waals surface area contributed by atoms with Crippen LogP contribution in [0.15, 0.2) is 48.5 Å². The number of aryl methyl sites for hydroxylation is 2. The van der Waals surface area contributed by atoms with E-state index in [0.29, 0.717) is 30.5 Å². The van der Waals surface area contributed by atoms with E-state index < -0.39 is 0 Å². The van der Waals surface area contributed by atoms with Crippen molar-refractivity contribution < 1.29 is 4.79 Å². The molecule has 0 unspecified atom stereocenters. The zero-order valence-corrected chi connectivity index (χ0v) is 12.1. The van der Waals surface area contributed by atoms with Gasteiger partial charge >= 0.3 is 0 Å². The first kappa shape index (κ1) is 13.1. The number of hydrogen-bond acceptors (Lipinski definition) is 1. The summed E-state index contributed by atoms with van der Waals surface area (Å²) in [7, 11) is 0. The summed E-state index contributed by atoms with van der Waals surface area (Å²) in [4.78, 5) is 11.9. The van der Waals surface area contributed by atoms with Crippen LogP contribution in [0.4, 0.5) is 0 Å². The van der Waals surface area contributed by atoms with Crippen LogP contribution in [0.2, 0.25) is 0 Å². The predicted molar refractivity (Wildman–Crippen MR) is 82.1 cm³/mol. The van der Waals surface area contributed by atoms with E-state index in [1.807, 2.05) is 0 Å². The first-order chi connectivity index (χ1) is 9.63. The lowest BCUT2D eigenvalue weighted by atomic mass is 9.84. The second kappa shape index (κ2) is 5.24. The van der Waals surface area contributed by atoms with Gasteiger partial charge in [0.1, 0.15) is 5.78 Å². The minimum absolute atomic E-state index is 0.339. The maximum atomic E-state index is 11.9. The van der Waals surface area contributed by atoms with Gasteiger partial charge in [-0.25, -0.2) is 0 Å². The Hall–Kier alpha value is -1.89. The summed E-state index contributed by atoms with van der Waals surface area (Å²) in [6.07, 6.45) is 1.36. The molecule has 0 bridgehead atoms. The fourth-order valence-corrected chi connectivity index (χ4v) is 3.19. The van der Waals surface area contributed by atoms with Gasteiger partial charge in [-0.3, -0.25) is 4.79 Å². The lowest BCUT2D eigenvalue weighted by Gasteiger charge is -2.20. The summed E-state index contributed by atoms with van der Waals surface area (Å²) in [5.41, 5.74) is 5.13. The molecule has 2 aromatic carbocycles. The van der Waals surface area contributed by atoms with Crippen LogP contribution in [-0.4, -0.2) is 5.78 Å². The first-order valence-electron chi connectivity index (χ1n) is 7.28. The largest absolute Gasteiger partial charge is 0.300 e. The number of Topliss-reactive ketones (excluding diaryl/α,β-unsaturated/α-hetero) is 1. The molecule has 0 radical (unpaired) electrons. The van der Waals surface area contributed by atoms with E-state index in [1.165, 1.54) is 22.3 Å². The fraction of sp³-hybridized carbons (Fsp3) is 0.316. The maximum absolute atomic E-state index is 11.9. The van der Waals surface area contributed by atoms with Crippen LogP contribution in [0.25, 0.3) is 0 Å². The number of ketones is 1. The Bertz CT molecular complexity index is 552. The third kappa shape index (κ3) is 2.53. The molecule has 20 heavy (non-hydrogen) atoms. The molecule has 1 heteroatoms. The van der Waals surface area contributed by atoms with E-state index in [1.54, 1.807) is 0 Å². The van der Waals surface area contributed by atoms with Crippen molar-refractivity contribution in [3.05, 3.63) is 70.8 Å². The van der Waals surface area contributed by atoms with E-state index >= 15 is 0 Å². The number of carbonyl (C=O) groups excluding carboxylic acids is 1. The predicted octanol–water partition coefficient (Wildman–Crippen LogP) is 4.53. The van der Waals surface area contributed by atoms with Crippen molar-refractivity contribution in [2.45, 2.75) is 38.5 Å². The van der Waals surface area contributed by atoms with Gasteiger partial charge in [0.05, 0.1) is 0 Å². The summed E-state index contributed by atoms with van der Waals surface area (Å²) in [5, 5.41) is 0. The third-order valence-electron chi connectivity index (χ3n) is 4.39. The highest BCUT2D eigenvalue weighted by Gasteiger charge is 2.34. The molecular weight excluding hydrogens is 244 g/mol. The van der Waals surface area contributed by atoms with Crippen molar-refractivity contribution in [2.24, 2.45) is 0 Å². The lowest BCUT2D eigenvalue weighted by Crippen LogP contribution is -2.04. The molecule has 1 aliphatic rings. The fourth-order valence-electron chi connectivity index (χ4n) is 3.19. The molecule has 0 aromatic heterocycles. The Balaban J connectivity index is 1.94. The summed E-state index contributed by atoms with van der Waals surface area (Å²) in [6.45, 7) is 4.20. The van der Waals surface area contributed by atoms with E-state index in [2.05, 4.69) is 62.4 Å². The molecule has 0 amide bonds. The molecule has 3 rings (SSSR count). The van der Waals surface area contributed by atoms with Crippen LogP contribution in [-0.2, 0) is 4.79 Å². The van der Waals surface area contributed by atoms with Gasteiger partial charge < -0.3 is 0 Å². The monoisotopic (exact) mass is 264 g/mol. The van der Waals surface area contributed by atoms with Gasteiger partial charge in [0.15, 0.2) is 0 Å². The summed E-state index contributed by atoms with van der Waals surface area (Å²) >= 11 is 0. The van der Waals surface area contributed by atoms with E-state index in [4.69, 9.17) is 0 Å². The Morgan fingerprint density at radius 3 is 1.40 bits per heavy atom. The van der Waals surface area contributed by atoms with Gasteiger partial charge in [-0.15, -0.1) is 0 Å². The van der Waals surface area contributed by atoms with Crippen molar-refractivity contribution in [1.29, 1.82) is 0 Å². The van der Waals surface area contributed by atoms with E-state index in [0.717, 1.165) is 0 Å². The molecular formula is C19H20O. The number of hydrogen-bond donors (Lipinski definition) is 0. The van der Waals surface area contributed by atoms with Gasteiger partial charge in [-0.2, -0.15) is 0 Å².